The standard InChI is InChI=1S/C45H76O5/c1-3-5-7-9-11-13-15-17-19-21-22-24-25-27-29-31-33-35-37-39-44(47)49-42-43(41-46)50-45(48)40-38-36-34-32-30-28-26-23-20-18-16-14-12-10-8-6-4-2/h11-14,17-20,22,24,27,29,43,46H,3-10,15-16,21,23,25-26,28,30-42H2,1-2H3/b13-11+,14-12+,19-17+,20-18+,24-22+,29-27+/t43-/m0/s1. The molecule has 0 aromatic rings. The lowest BCUT2D eigenvalue weighted by Gasteiger charge is -2.15. The van der Waals surface area contributed by atoms with E-state index in [4.69, 9.17) is 9.47 Å². The Morgan fingerprint density at radius 3 is 1.22 bits per heavy atom. The molecule has 0 unspecified atom stereocenters. The number of unbranched alkanes of at least 4 members (excludes halogenated alkanes) is 16. The van der Waals surface area contributed by atoms with Crippen LogP contribution in [-0.4, -0.2) is 36.4 Å². The van der Waals surface area contributed by atoms with Gasteiger partial charge in [-0.15, -0.1) is 0 Å². The van der Waals surface area contributed by atoms with Crippen molar-refractivity contribution in [1.82, 2.24) is 0 Å². The van der Waals surface area contributed by atoms with Gasteiger partial charge in [-0.3, -0.25) is 9.59 Å². The minimum Gasteiger partial charge on any atom is -0.462 e. The van der Waals surface area contributed by atoms with Gasteiger partial charge in [0, 0.05) is 12.8 Å². The van der Waals surface area contributed by atoms with Crippen LogP contribution in [0.2, 0.25) is 0 Å². The fraction of sp³-hybridized carbons (Fsp3) is 0.689. The molecule has 0 aromatic carbocycles. The molecule has 0 bridgehead atoms. The molecule has 286 valence electrons. The summed E-state index contributed by atoms with van der Waals surface area (Å²) in [6.07, 6.45) is 53.8. The molecule has 0 aliphatic rings. The van der Waals surface area contributed by atoms with Gasteiger partial charge in [-0.1, -0.05) is 151 Å². The molecule has 0 fully saturated rings. The second-order valence-electron chi connectivity index (χ2n) is 13.4. The summed E-state index contributed by atoms with van der Waals surface area (Å²) < 4.78 is 10.6. The number of hydrogen-bond donors (Lipinski definition) is 1. The van der Waals surface area contributed by atoms with Gasteiger partial charge in [-0.05, 0) is 89.9 Å². The Bertz CT molecular complexity index is 926. The molecule has 0 heterocycles. The number of aliphatic hydroxyl groups excluding tert-OH is 1. The summed E-state index contributed by atoms with van der Waals surface area (Å²) in [5.74, 6) is -0.641. The molecule has 0 aromatic heterocycles. The van der Waals surface area contributed by atoms with Crippen LogP contribution in [0.25, 0.3) is 0 Å². The Morgan fingerprint density at radius 1 is 0.460 bits per heavy atom. The zero-order valence-electron chi connectivity index (χ0n) is 32.4. The number of carbonyl (C=O) groups excluding carboxylic acids is 2. The maximum absolute atomic E-state index is 12.2. The molecule has 0 radical (unpaired) electrons. The Morgan fingerprint density at radius 2 is 0.800 bits per heavy atom. The van der Waals surface area contributed by atoms with Crippen molar-refractivity contribution in [3.63, 3.8) is 0 Å². The number of aliphatic hydroxyl groups is 1. The van der Waals surface area contributed by atoms with Crippen LogP contribution < -0.4 is 0 Å². The molecule has 0 aliphatic carbocycles. The van der Waals surface area contributed by atoms with Crippen molar-refractivity contribution in [1.29, 1.82) is 0 Å². The topological polar surface area (TPSA) is 72.8 Å². The largest absolute Gasteiger partial charge is 0.462 e. The zero-order chi connectivity index (χ0) is 36.4. The van der Waals surface area contributed by atoms with Crippen molar-refractivity contribution in [3.05, 3.63) is 72.9 Å². The predicted octanol–water partition coefficient (Wildman–Crippen LogP) is 13.0. The van der Waals surface area contributed by atoms with Crippen LogP contribution in [0.15, 0.2) is 72.9 Å². The lowest BCUT2D eigenvalue weighted by atomic mass is 10.1. The monoisotopic (exact) mass is 697 g/mol. The SMILES string of the molecule is CCCCC/C=C/C/C=C/C/C=C/C/C=C/CCCCCC(=O)OC[C@H](CO)OC(=O)CCCCCCCCC/C=C/C/C=C/CCCCC. The van der Waals surface area contributed by atoms with E-state index in [2.05, 4.69) is 86.8 Å². The summed E-state index contributed by atoms with van der Waals surface area (Å²) in [6.45, 7) is 4.04. The normalized spacial score (nSPS) is 12.9. The van der Waals surface area contributed by atoms with Crippen molar-refractivity contribution in [2.45, 2.75) is 187 Å². The molecule has 50 heavy (non-hydrogen) atoms. The average molecular weight is 697 g/mol. The van der Waals surface area contributed by atoms with E-state index in [9.17, 15) is 14.7 Å². The molecular formula is C45H76O5. The van der Waals surface area contributed by atoms with Gasteiger partial charge < -0.3 is 14.6 Å². The molecule has 0 spiro atoms. The van der Waals surface area contributed by atoms with Gasteiger partial charge >= 0.3 is 11.9 Å². The van der Waals surface area contributed by atoms with E-state index >= 15 is 0 Å². The van der Waals surface area contributed by atoms with Gasteiger partial charge in [0.1, 0.15) is 6.61 Å². The van der Waals surface area contributed by atoms with E-state index in [1.807, 2.05) is 0 Å². The molecule has 0 aliphatic heterocycles. The predicted molar refractivity (Wildman–Crippen MR) is 214 cm³/mol. The van der Waals surface area contributed by atoms with Gasteiger partial charge in [0.05, 0.1) is 6.61 Å². The smallest absolute Gasteiger partial charge is 0.306 e. The van der Waals surface area contributed by atoms with E-state index in [0.29, 0.717) is 12.8 Å². The number of rotatable bonds is 36. The first kappa shape index (κ1) is 47.3. The van der Waals surface area contributed by atoms with Crippen LogP contribution in [0.3, 0.4) is 0 Å². The highest BCUT2D eigenvalue weighted by molar-refractivity contribution is 5.70. The number of carbonyl (C=O) groups is 2. The van der Waals surface area contributed by atoms with E-state index in [0.717, 1.165) is 77.0 Å². The lowest BCUT2D eigenvalue weighted by molar-refractivity contribution is -0.161. The number of hydrogen-bond acceptors (Lipinski definition) is 5. The highest BCUT2D eigenvalue weighted by Gasteiger charge is 2.16. The first-order valence-corrected chi connectivity index (χ1v) is 20.5. The molecular weight excluding hydrogens is 620 g/mol. The molecule has 0 rings (SSSR count). The van der Waals surface area contributed by atoms with Gasteiger partial charge in [0.2, 0.25) is 0 Å². The van der Waals surface area contributed by atoms with Crippen LogP contribution in [0, 0.1) is 0 Å². The van der Waals surface area contributed by atoms with Crippen molar-refractivity contribution < 1.29 is 24.2 Å². The third-order valence-electron chi connectivity index (χ3n) is 8.47. The summed E-state index contributed by atoms with van der Waals surface area (Å²) >= 11 is 0. The molecule has 5 nitrogen and oxygen atoms in total. The third kappa shape index (κ3) is 38.1. The maximum atomic E-state index is 12.2. The summed E-state index contributed by atoms with van der Waals surface area (Å²) in [5, 5.41) is 9.56. The number of allylic oxidation sites excluding steroid dienone is 12. The molecule has 1 atom stereocenters. The van der Waals surface area contributed by atoms with Crippen molar-refractivity contribution in [2.75, 3.05) is 13.2 Å². The second kappa shape index (κ2) is 40.8. The van der Waals surface area contributed by atoms with Crippen LogP contribution in [0.1, 0.15) is 181 Å². The number of ether oxygens (including phenoxy) is 2. The first-order valence-electron chi connectivity index (χ1n) is 20.5. The van der Waals surface area contributed by atoms with E-state index in [1.165, 1.54) is 77.0 Å². The minimum absolute atomic E-state index is 0.0891. The Balaban J connectivity index is 3.66. The highest BCUT2D eigenvalue weighted by Crippen LogP contribution is 2.12. The maximum Gasteiger partial charge on any atom is 0.306 e. The fourth-order valence-corrected chi connectivity index (χ4v) is 5.33. The fourth-order valence-electron chi connectivity index (χ4n) is 5.33. The summed E-state index contributed by atoms with van der Waals surface area (Å²) in [6, 6.07) is 0. The quantitative estimate of drug-likeness (QED) is 0.0401. The minimum atomic E-state index is -0.792. The first-order chi connectivity index (χ1) is 24.6. The van der Waals surface area contributed by atoms with E-state index < -0.39 is 6.10 Å². The van der Waals surface area contributed by atoms with Crippen LogP contribution in [0.4, 0.5) is 0 Å². The van der Waals surface area contributed by atoms with Crippen molar-refractivity contribution in [2.24, 2.45) is 0 Å². The Hall–Kier alpha value is -2.66. The van der Waals surface area contributed by atoms with Gasteiger partial charge in [-0.2, -0.15) is 0 Å². The van der Waals surface area contributed by atoms with Crippen LogP contribution in [-0.2, 0) is 19.1 Å². The van der Waals surface area contributed by atoms with Crippen LogP contribution in [0.5, 0.6) is 0 Å². The Kier molecular flexibility index (Phi) is 38.6. The molecule has 5 heteroatoms. The van der Waals surface area contributed by atoms with Gasteiger partial charge in [0.25, 0.3) is 0 Å². The molecule has 1 N–H and O–H groups in total. The molecule has 0 amide bonds. The van der Waals surface area contributed by atoms with Gasteiger partial charge in [0.15, 0.2) is 6.10 Å². The summed E-state index contributed by atoms with van der Waals surface area (Å²) in [5.41, 5.74) is 0. The summed E-state index contributed by atoms with van der Waals surface area (Å²) in [4.78, 5) is 24.3. The van der Waals surface area contributed by atoms with E-state index in [-0.39, 0.29) is 25.2 Å². The lowest BCUT2D eigenvalue weighted by Crippen LogP contribution is -2.28. The summed E-state index contributed by atoms with van der Waals surface area (Å²) in [7, 11) is 0. The molecule has 0 saturated heterocycles. The molecule has 0 saturated carbocycles. The average Bonchev–Trinajstić information content (AvgIpc) is 3.12. The van der Waals surface area contributed by atoms with Crippen LogP contribution >= 0.6 is 0 Å². The third-order valence-corrected chi connectivity index (χ3v) is 8.47. The van der Waals surface area contributed by atoms with E-state index in [1.54, 1.807) is 0 Å². The zero-order valence-corrected chi connectivity index (χ0v) is 32.4. The van der Waals surface area contributed by atoms with Gasteiger partial charge in [-0.25, -0.2) is 0 Å². The number of esters is 2. The Labute approximate surface area is 308 Å². The highest BCUT2D eigenvalue weighted by atomic mass is 16.6. The second-order valence-corrected chi connectivity index (χ2v) is 13.4. The van der Waals surface area contributed by atoms with Crippen molar-refractivity contribution >= 4 is 11.9 Å². The van der Waals surface area contributed by atoms with Crippen molar-refractivity contribution in [3.8, 4) is 0 Å².